The number of benzene rings is 4. The molecule has 0 unspecified atom stereocenters. The minimum Gasteiger partial charge on any atom is -0.247 e. The second kappa shape index (κ2) is 7.76. The van der Waals surface area contributed by atoms with Crippen LogP contribution in [0.3, 0.4) is 0 Å². The molecule has 1 nitrogen and oxygen atoms in total. The molecule has 0 aliphatic carbocycles. The van der Waals surface area contributed by atoms with E-state index in [9.17, 15) is 0 Å². The molecule has 1 heterocycles. The van der Waals surface area contributed by atoms with Gasteiger partial charge in [-0.3, -0.25) is 0 Å². The van der Waals surface area contributed by atoms with Crippen LogP contribution in [0.2, 0.25) is 0 Å². The van der Waals surface area contributed by atoms with Gasteiger partial charge in [0.25, 0.3) is 0 Å². The first-order valence-corrected chi connectivity index (χ1v) is 10.6. The Morgan fingerprint density at radius 2 is 1.30 bits per heavy atom. The van der Waals surface area contributed by atoms with Gasteiger partial charge >= 0.3 is 0 Å². The van der Waals surface area contributed by atoms with Crippen LogP contribution in [-0.2, 0) is 12.8 Å². The summed E-state index contributed by atoms with van der Waals surface area (Å²) in [6.45, 7) is 4.42. The van der Waals surface area contributed by atoms with Crippen molar-refractivity contribution in [1.29, 1.82) is 0 Å². The number of aryl methyl sites for hydroxylation is 3. The molecule has 0 atom stereocenters. The second-order valence-corrected chi connectivity index (χ2v) is 8.08. The molecule has 1 heteroatoms. The van der Waals surface area contributed by atoms with Crippen molar-refractivity contribution in [2.75, 3.05) is 0 Å². The lowest BCUT2D eigenvalue weighted by molar-refractivity contribution is 0.942. The lowest BCUT2D eigenvalue weighted by Gasteiger charge is -2.12. The van der Waals surface area contributed by atoms with Gasteiger partial charge < -0.3 is 0 Å². The summed E-state index contributed by atoms with van der Waals surface area (Å²) in [7, 11) is 0. The van der Waals surface area contributed by atoms with Gasteiger partial charge in [0, 0.05) is 10.9 Å². The molecular formula is C29H25N. The summed E-state index contributed by atoms with van der Waals surface area (Å²) in [4.78, 5) is 5.15. The van der Waals surface area contributed by atoms with Gasteiger partial charge in [-0.05, 0) is 65.8 Å². The van der Waals surface area contributed by atoms with Crippen LogP contribution in [0.1, 0.15) is 22.3 Å². The Labute approximate surface area is 178 Å². The van der Waals surface area contributed by atoms with Gasteiger partial charge in [0.05, 0.1) is 11.2 Å². The van der Waals surface area contributed by atoms with Crippen molar-refractivity contribution < 1.29 is 0 Å². The molecule has 0 spiro atoms. The topological polar surface area (TPSA) is 12.9 Å². The highest BCUT2D eigenvalue weighted by atomic mass is 14.7. The second-order valence-electron chi connectivity index (χ2n) is 8.08. The number of para-hydroxylation sites is 1. The van der Waals surface area contributed by atoms with E-state index >= 15 is 0 Å². The summed E-state index contributed by atoms with van der Waals surface area (Å²) < 4.78 is 0. The molecule has 5 aromatic rings. The third-order valence-corrected chi connectivity index (χ3v) is 6.16. The number of fused-ring (bicyclic) bond motifs is 2. The maximum absolute atomic E-state index is 5.15. The minimum absolute atomic E-state index is 0.995. The Balaban J connectivity index is 1.57. The van der Waals surface area contributed by atoms with E-state index in [2.05, 4.69) is 105 Å². The Bertz CT molecular complexity index is 1340. The largest absolute Gasteiger partial charge is 0.247 e. The van der Waals surface area contributed by atoms with Gasteiger partial charge in [-0.25, -0.2) is 4.98 Å². The smallest absolute Gasteiger partial charge is 0.0741 e. The van der Waals surface area contributed by atoms with Crippen molar-refractivity contribution in [3.8, 4) is 11.3 Å². The van der Waals surface area contributed by atoms with E-state index in [0.717, 1.165) is 24.1 Å². The average molecular weight is 388 g/mol. The molecule has 0 fully saturated rings. The maximum atomic E-state index is 5.15. The molecular weight excluding hydrogens is 362 g/mol. The van der Waals surface area contributed by atoms with Crippen molar-refractivity contribution in [2.45, 2.75) is 26.7 Å². The first-order chi connectivity index (χ1) is 14.7. The molecule has 5 rings (SSSR count). The molecule has 146 valence electrons. The van der Waals surface area contributed by atoms with E-state index in [1.807, 2.05) is 0 Å². The fourth-order valence-electron chi connectivity index (χ4n) is 4.51. The average Bonchev–Trinajstić information content (AvgIpc) is 2.78. The lowest BCUT2D eigenvalue weighted by atomic mass is 9.95. The summed E-state index contributed by atoms with van der Waals surface area (Å²) in [6.07, 6.45) is 2.03. The summed E-state index contributed by atoms with van der Waals surface area (Å²) in [5.74, 6) is 0. The quantitative estimate of drug-likeness (QED) is 0.312. The van der Waals surface area contributed by atoms with Crippen LogP contribution in [0.15, 0.2) is 91.0 Å². The van der Waals surface area contributed by atoms with Crippen LogP contribution in [0.5, 0.6) is 0 Å². The summed E-state index contributed by atoms with van der Waals surface area (Å²) in [5, 5.41) is 3.71. The van der Waals surface area contributed by atoms with Crippen molar-refractivity contribution in [2.24, 2.45) is 0 Å². The maximum Gasteiger partial charge on any atom is 0.0741 e. The SMILES string of the molecule is Cc1cccc(C)c1CCc1cccc2ccc(-c3cccc4ccccc34)nc12. The van der Waals surface area contributed by atoms with E-state index < -0.39 is 0 Å². The van der Waals surface area contributed by atoms with E-state index in [4.69, 9.17) is 4.98 Å². The summed E-state index contributed by atoms with van der Waals surface area (Å²) in [6, 6.07) is 32.5. The van der Waals surface area contributed by atoms with Gasteiger partial charge in [-0.1, -0.05) is 84.9 Å². The van der Waals surface area contributed by atoms with Gasteiger partial charge in [0.15, 0.2) is 0 Å². The number of rotatable bonds is 4. The molecule has 0 N–H and O–H groups in total. The third-order valence-electron chi connectivity index (χ3n) is 6.16. The van der Waals surface area contributed by atoms with Crippen LogP contribution in [-0.4, -0.2) is 4.98 Å². The molecule has 0 saturated heterocycles. The van der Waals surface area contributed by atoms with Crippen molar-refractivity contribution in [3.63, 3.8) is 0 Å². The molecule has 30 heavy (non-hydrogen) atoms. The third kappa shape index (κ3) is 3.37. The van der Waals surface area contributed by atoms with Crippen LogP contribution in [0.4, 0.5) is 0 Å². The number of nitrogens with zero attached hydrogens (tertiary/aromatic N) is 1. The Hall–Kier alpha value is -3.45. The van der Waals surface area contributed by atoms with E-state index in [-0.39, 0.29) is 0 Å². The van der Waals surface area contributed by atoms with Crippen LogP contribution >= 0.6 is 0 Å². The highest BCUT2D eigenvalue weighted by Crippen LogP contribution is 2.30. The molecule has 4 aromatic carbocycles. The summed E-state index contributed by atoms with van der Waals surface area (Å²) in [5.41, 5.74) is 8.88. The van der Waals surface area contributed by atoms with Crippen molar-refractivity contribution in [1.82, 2.24) is 4.98 Å². The molecule has 1 aromatic heterocycles. The lowest BCUT2D eigenvalue weighted by Crippen LogP contribution is -1.99. The Kier molecular flexibility index (Phi) is 4.80. The highest BCUT2D eigenvalue weighted by Gasteiger charge is 2.10. The zero-order chi connectivity index (χ0) is 20.5. The highest BCUT2D eigenvalue weighted by molar-refractivity contribution is 5.97. The molecule has 0 radical (unpaired) electrons. The van der Waals surface area contributed by atoms with Gasteiger partial charge in [-0.2, -0.15) is 0 Å². The van der Waals surface area contributed by atoms with Crippen LogP contribution in [0, 0.1) is 13.8 Å². The van der Waals surface area contributed by atoms with Crippen LogP contribution in [0.25, 0.3) is 32.9 Å². The number of hydrogen-bond acceptors (Lipinski definition) is 1. The first kappa shape index (κ1) is 18.6. The van der Waals surface area contributed by atoms with E-state index in [1.165, 1.54) is 44.0 Å². The zero-order valence-electron chi connectivity index (χ0n) is 17.5. The molecule has 0 aliphatic heterocycles. The van der Waals surface area contributed by atoms with E-state index in [1.54, 1.807) is 0 Å². The first-order valence-electron chi connectivity index (χ1n) is 10.6. The van der Waals surface area contributed by atoms with Gasteiger partial charge in [0.1, 0.15) is 0 Å². The number of aromatic nitrogens is 1. The Morgan fingerprint density at radius 3 is 2.17 bits per heavy atom. The van der Waals surface area contributed by atoms with Crippen molar-refractivity contribution >= 4 is 21.7 Å². The molecule has 0 bridgehead atoms. The minimum atomic E-state index is 0.995. The molecule has 0 amide bonds. The number of pyridine rings is 1. The fraction of sp³-hybridized carbons (Fsp3) is 0.138. The van der Waals surface area contributed by atoms with Crippen molar-refractivity contribution in [3.05, 3.63) is 113 Å². The number of hydrogen-bond donors (Lipinski definition) is 0. The standard InChI is InChI=1S/C29H25N/c1-20-8-5-9-21(2)25(20)18-16-23-12-6-13-24-17-19-28(30-29(23)24)27-15-7-11-22-10-3-4-14-26(22)27/h3-15,17,19H,16,18H2,1-2H3. The van der Waals surface area contributed by atoms with Gasteiger partial charge in [0.2, 0.25) is 0 Å². The van der Waals surface area contributed by atoms with E-state index in [0.29, 0.717) is 0 Å². The predicted octanol–water partition coefficient (Wildman–Crippen LogP) is 7.46. The zero-order valence-corrected chi connectivity index (χ0v) is 17.5. The Morgan fingerprint density at radius 1 is 0.600 bits per heavy atom. The monoisotopic (exact) mass is 387 g/mol. The molecule has 0 aliphatic rings. The van der Waals surface area contributed by atoms with Gasteiger partial charge in [-0.15, -0.1) is 0 Å². The fourth-order valence-corrected chi connectivity index (χ4v) is 4.51. The molecule has 0 saturated carbocycles. The summed E-state index contributed by atoms with van der Waals surface area (Å²) >= 11 is 0. The predicted molar refractivity (Wildman–Crippen MR) is 128 cm³/mol. The normalized spacial score (nSPS) is 11.3. The van der Waals surface area contributed by atoms with Crippen LogP contribution < -0.4 is 0 Å².